The SMILES string of the molecule is CCCC(NC(=O)c1cc2ccccc2o1)C(=O)N[C@@H]1C(=O)CCCCN1S(=O)(=O)c1ccccn1. The van der Waals surface area contributed by atoms with Gasteiger partial charge in [-0.25, -0.2) is 13.4 Å². The standard InChI is InChI=1S/C25H28N4O6S/c1-2-9-18(27-25(32)21-16-17-10-3-4-12-20(17)35-21)24(31)28-23-19(30)11-6-8-15-29(23)36(33,34)22-13-5-7-14-26-22/h3-5,7,10,12-14,16,18,23H,2,6,8-9,11,15H2,1H3,(H,27,32)(H,28,31)/t18?,23-/m0/s1. The lowest BCUT2D eigenvalue weighted by Gasteiger charge is -2.29. The Morgan fingerprint density at radius 1 is 1.17 bits per heavy atom. The lowest BCUT2D eigenvalue weighted by atomic mass is 10.1. The summed E-state index contributed by atoms with van der Waals surface area (Å²) in [4.78, 5) is 43.0. The van der Waals surface area contributed by atoms with E-state index in [0.29, 0.717) is 24.8 Å². The quantitative estimate of drug-likeness (QED) is 0.473. The molecule has 10 nitrogen and oxygen atoms in total. The molecule has 0 spiro atoms. The molecule has 1 aromatic carbocycles. The molecule has 0 radical (unpaired) electrons. The molecule has 4 rings (SSSR count). The van der Waals surface area contributed by atoms with E-state index in [1.54, 1.807) is 30.3 Å². The van der Waals surface area contributed by atoms with Gasteiger partial charge in [0.25, 0.3) is 15.9 Å². The van der Waals surface area contributed by atoms with Crippen LogP contribution in [-0.4, -0.2) is 54.1 Å². The molecule has 2 atom stereocenters. The zero-order valence-electron chi connectivity index (χ0n) is 19.8. The number of aromatic nitrogens is 1. The number of pyridine rings is 1. The maximum atomic E-state index is 13.3. The summed E-state index contributed by atoms with van der Waals surface area (Å²) in [6, 6.07) is 12.2. The predicted molar refractivity (Wildman–Crippen MR) is 131 cm³/mol. The second-order valence-electron chi connectivity index (χ2n) is 8.58. The molecule has 2 amide bonds. The number of nitrogens with one attached hydrogen (secondary N) is 2. The van der Waals surface area contributed by atoms with Crippen molar-refractivity contribution in [3.8, 4) is 0 Å². The minimum absolute atomic E-state index is 0.0509. The molecule has 0 bridgehead atoms. The Bertz CT molecular complexity index is 1320. The molecule has 1 aliphatic rings. The number of nitrogens with zero attached hydrogens (tertiary/aromatic N) is 2. The molecule has 1 unspecified atom stereocenters. The van der Waals surface area contributed by atoms with Crippen LogP contribution in [-0.2, 0) is 19.6 Å². The van der Waals surface area contributed by atoms with Crippen LogP contribution in [0.3, 0.4) is 0 Å². The second kappa shape index (κ2) is 11.0. The number of benzene rings is 1. The predicted octanol–water partition coefficient (Wildman–Crippen LogP) is 2.61. The van der Waals surface area contributed by atoms with E-state index < -0.39 is 39.8 Å². The smallest absolute Gasteiger partial charge is 0.287 e. The van der Waals surface area contributed by atoms with Crippen molar-refractivity contribution in [2.75, 3.05) is 6.54 Å². The van der Waals surface area contributed by atoms with Crippen LogP contribution in [0.5, 0.6) is 0 Å². The van der Waals surface area contributed by atoms with Gasteiger partial charge in [-0.1, -0.05) is 37.6 Å². The van der Waals surface area contributed by atoms with Crippen molar-refractivity contribution in [2.24, 2.45) is 0 Å². The maximum Gasteiger partial charge on any atom is 0.287 e. The van der Waals surface area contributed by atoms with Crippen molar-refractivity contribution in [3.05, 3.63) is 60.5 Å². The average molecular weight is 513 g/mol. The van der Waals surface area contributed by atoms with Gasteiger partial charge in [0.15, 0.2) is 22.7 Å². The van der Waals surface area contributed by atoms with Crippen LogP contribution in [0.4, 0.5) is 0 Å². The van der Waals surface area contributed by atoms with Gasteiger partial charge in [0, 0.05) is 24.5 Å². The summed E-state index contributed by atoms with van der Waals surface area (Å²) in [7, 11) is -4.15. The number of amides is 2. The zero-order valence-corrected chi connectivity index (χ0v) is 20.7. The van der Waals surface area contributed by atoms with Gasteiger partial charge in [0.05, 0.1) is 0 Å². The largest absolute Gasteiger partial charge is 0.451 e. The van der Waals surface area contributed by atoms with Crippen LogP contribution in [0.25, 0.3) is 11.0 Å². The monoisotopic (exact) mass is 512 g/mol. The Morgan fingerprint density at radius 3 is 2.67 bits per heavy atom. The molecule has 1 aliphatic heterocycles. The first-order valence-corrected chi connectivity index (χ1v) is 13.3. The third-order valence-corrected chi connectivity index (χ3v) is 7.76. The summed E-state index contributed by atoms with van der Waals surface area (Å²) in [5, 5.41) is 5.79. The minimum atomic E-state index is -4.15. The van der Waals surface area contributed by atoms with Gasteiger partial charge in [-0.15, -0.1) is 0 Å². The number of fused-ring (bicyclic) bond motifs is 1. The van der Waals surface area contributed by atoms with Gasteiger partial charge in [0.1, 0.15) is 11.6 Å². The minimum Gasteiger partial charge on any atom is -0.451 e. The Balaban J connectivity index is 1.55. The van der Waals surface area contributed by atoms with Crippen LogP contribution >= 0.6 is 0 Å². The molecule has 0 saturated carbocycles. The second-order valence-corrected chi connectivity index (χ2v) is 10.4. The molecule has 0 aliphatic carbocycles. The number of Topliss-reactive ketones (excluding diaryl/α,β-unsaturated/α-hetero) is 1. The highest BCUT2D eigenvalue weighted by Gasteiger charge is 2.39. The van der Waals surface area contributed by atoms with E-state index in [0.717, 1.165) is 9.69 Å². The fourth-order valence-corrected chi connectivity index (χ4v) is 5.64. The summed E-state index contributed by atoms with van der Waals surface area (Å²) in [5.41, 5.74) is 0.540. The van der Waals surface area contributed by atoms with E-state index in [1.807, 2.05) is 13.0 Å². The molecule has 2 aromatic heterocycles. The molecule has 2 N–H and O–H groups in total. The highest BCUT2D eigenvalue weighted by Crippen LogP contribution is 2.22. The van der Waals surface area contributed by atoms with Crippen molar-refractivity contribution in [3.63, 3.8) is 0 Å². The topological polar surface area (TPSA) is 139 Å². The molecular formula is C25H28N4O6S. The molecular weight excluding hydrogens is 484 g/mol. The van der Waals surface area contributed by atoms with Crippen LogP contribution in [0, 0.1) is 0 Å². The van der Waals surface area contributed by atoms with E-state index in [-0.39, 0.29) is 30.2 Å². The first-order valence-electron chi connectivity index (χ1n) is 11.9. The van der Waals surface area contributed by atoms with Gasteiger partial charge in [-0.2, -0.15) is 4.31 Å². The Labute approximate surface area is 209 Å². The van der Waals surface area contributed by atoms with Gasteiger partial charge in [-0.05, 0) is 43.5 Å². The van der Waals surface area contributed by atoms with Crippen molar-refractivity contribution in [1.82, 2.24) is 19.9 Å². The molecule has 11 heteroatoms. The number of hydrogen-bond acceptors (Lipinski definition) is 7. The van der Waals surface area contributed by atoms with Crippen LogP contribution < -0.4 is 10.6 Å². The highest BCUT2D eigenvalue weighted by molar-refractivity contribution is 7.89. The summed E-state index contributed by atoms with van der Waals surface area (Å²) in [5.74, 6) is -1.60. The third kappa shape index (κ3) is 5.47. The van der Waals surface area contributed by atoms with Crippen LogP contribution in [0.1, 0.15) is 49.6 Å². The summed E-state index contributed by atoms with van der Waals surface area (Å²) < 4.78 is 33.2. The number of hydrogen-bond donors (Lipinski definition) is 2. The van der Waals surface area contributed by atoms with Crippen LogP contribution in [0.15, 0.2) is 64.2 Å². The van der Waals surface area contributed by atoms with Gasteiger partial charge in [0.2, 0.25) is 5.91 Å². The first kappa shape index (κ1) is 25.5. The molecule has 190 valence electrons. The number of carbonyl (C=O) groups is 3. The molecule has 3 aromatic rings. The normalized spacial score (nSPS) is 17.9. The summed E-state index contributed by atoms with van der Waals surface area (Å²) >= 11 is 0. The van der Waals surface area contributed by atoms with Gasteiger partial charge < -0.3 is 15.1 Å². The zero-order chi connectivity index (χ0) is 25.7. The maximum absolute atomic E-state index is 13.3. The van der Waals surface area contributed by atoms with Crippen molar-refractivity contribution in [1.29, 1.82) is 0 Å². The molecule has 36 heavy (non-hydrogen) atoms. The fraction of sp³-hybridized carbons (Fsp3) is 0.360. The fourth-order valence-electron chi connectivity index (χ4n) is 4.14. The van der Waals surface area contributed by atoms with E-state index >= 15 is 0 Å². The van der Waals surface area contributed by atoms with E-state index in [4.69, 9.17) is 4.42 Å². The number of carbonyl (C=O) groups excluding carboxylic acids is 3. The molecule has 1 saturated heterocycles. The Hall–Kier alpha value is -3.57. The lowest BCUT2D eigenvalue weighted by Crippen LogP contribution is -2.58. The van der Waals surface area contributed by atoms with Gasteiger partial charge in [-0.3, -0.25) is 14.4 Å². The summed E-state index contributed by atoms with van der Waals surface area (Å²) in [6.07, 6.45) is 1.90. The number of furan rings is 1. The Kier molecular flexibility index (Phi) is 7.80. The lowest BCUT2D eigenvalue weighted by molar-refractivity contribution is -0.131. The third-order valence-electron chi connectivity index (χ3n) is 5.98. The number of rotatable bonds is 8. The first-order chi connectivity index (χ1) is 17.3. The molecule has 1 fully saturated rings. The van der Waals surface area contributed by atoms with E-state index in [1.165, 1.54) is 18.3 Å². The number of para-hydroxylation sites is 1. The van der Waals surface area contributed by atoms with E-state index in [9.17, 15) is 22.8 Å². The summed E-state index contributed by atoms with van der Waals surface area (Å²) in [6.45, 7) is 1.90. The van der Waals surface area contributed by atoms with Gasteiger partial charge >= 0.3 is 0 Å². The Morgan fingerprint density at radius 2 is 1.94 bits per heavy atom. The molecule has 3 heterocycles. The van der Waals surface area contributed by atoms with Crippen molar-refractivity contribution in [2.45, 2.75) is 56.3 Å². The van der Waals surface area contributed by atoms with Crippen molar-refractivity contribution < 1.29 is 27.2 Å². The average Bonchev–Trinajstić information content (AvgIpc) is 3.23. The number of ketones is 1. The van der Waals surface area contributed by atoms with Crippen molar-refractivity contribution >= 4 is 38.6 Å². The highest BCUT2D eigenvalue weighted by atomic mass is 32.2. The van der Waals surface area contributed by atoms with Crippen LogP contribution in [0.2, 0.25) is 0 Å². The number of sulfonamides is 1. The van der Waals surface area contributed by atoms with E-state index in [2.05, 4.69) is 15.6 Å².